The highest BCUT2D eigenvalue weighted by atomic mass is 16.3. The van der Waals surface area contributed by atoms with E-state index in [1.54, 1.807) is 11.6 Å². The molecule has 3 aromatic carbocycles. The lowest BCUT2D eigenvalue weighted by Crippen LogP contribution is -2.25. The lowest BCUT2D eigenvalue weighted by Gasteiger charge is -2.20. The van der Waals surface area contributed by atoms with Crippen LogP contribution in [0.25, 0.3) is 17.0 Å². The molecule has 0 aliphatic carbocycles. The van der Waals surface area contributed by atoms with Crippen molar-refractivity contribution in [2.75, 3.05) is 5.01 Å². The third-order valence-corrected chi connectivity index (χ3v) is 5.84. The van der Waals surface area contributed by atoms with E-state index in [9.17, 15) is 9.90 Å². The van der Waals surface area contributed by atoms with Crippen molar-refractivity contribution in [2.24, 2.45) is 12.1 Å². The first-order valence-electron chi connectivity index (χ1n) is 10.6. The van der Waals surface area contributed by atoms with Crippen LogP contribution in [0.4, 0.5) is 5.69 Å². The molecule has 0 saturated heterocycles. The van der Waals surface area contributed by atoms with Crippen LogP contribution in [0.15, 0.2) is 101 Å². The van der Waals surface area contributed by atoms with Crippen LogP contribution >= 0.6 is 0 Å². The Bertz CT molecular complexity index is 1390. The molecule has 1 aliphatic heterocycles. The van der Waals surface area contributed by atoms with Gasteiger partial charge in [0.05, 0.1) is 23.0 Å². The molecule has 2 heterocycles. The number of para-hydroxylation sites is 2. The fourth-order valence-corrected chi connectivity index (χ4v) is 4.19. The zero-order chi connectivity index (χ0) is 22.1. The van der Waals surface area contributed by atoms with Gasteiger partial charge in [0.1, 0.15) is 11.3 Å². The molecular formula is C27H23N3O2. The second-order valence-corrected chi connectivity index (χ2v) is 7.87. The SMILES string of the molecule is Cn1c(=O)c(C2=NN(c3ccccc3)[C@H](C=Cc3ccccc3)C2)c(O)c2ccccc21. The summed E-state index contributed by atoms with van der Waals surface area (Å²) in [6.07, 6.45) is 4.68. The van der Waals surface area contributed by atoms with E-state index in [0.29, 0.717) is 23.0 Å². The first kappa shape index (κ1) is 19.8. The van der Waals surface area contributed by atoms with Crippen LogP contribution < -0.4 is 10.6 Å². The first-order valence-corrected chi connectivity index (χ1v) is 10.6. The van der Waals surface area contributed by atoms with Gasteiger partial charge >= 0.3 is 0 Å². The summed E-state index contributed by atoms with van der Waals surface area (Å²) in [6.45, 7) is 0. The number of pyridine rings is 1. The minimum absolute atomic E-state index is 0.0110. The van der Waals surface area contributed by atoms with Crippen molar-refractivity contribution in [3.05, 3.63) is 112 Å². The summed E-state index contributed by atoms with van der Waals surface area (Å²) in [4.78, 5) is 13.2. The van der Waals surface area contributed by atoms with Crippen molar-refractivity contribution < 1.29 is 5.11 Å². The Labute approximate surface area is 186 Å². The number of hydrazone groups is 1. The van der Waals surface area contributed by atoms with Gasteiger partial charge in [-0.25, -0.2) is 0 Å². The zero-order valence-corrected chi connectivity index (χ0v) is 17.7. The minimum Gasteiger partial charge on any atom is -0.506 e. The Balaban J connectivity index is 1.61. The lowest BCUT2D eigenvalue weighted by atomic mass is 10.0. The van der Waals surface area contributed by atoms with Crippen molar-refractivity contribution in [2.45, 2.75) is 12.5 Å². The molecule has 5 nitrogen and oxygen atoms in total. The molecule has 0 radical (unpaired) electrons. The molecule has 0 fully saturated rings. The molecule has 1 aromatic heterocycles. The number of aryl methyl sites for hydroxylation is 1. The van der Waals surface area contributed by atoms with Gasteiger partial charge in [-0.15, -0.1) is 0 Å². The Kier molecular flexibility index (Phi) is 5.07. The molecule has 0 spiro atoms. The molecule has 32 heavy (non-hydrogen) atoms. The average Bonchev–Trinajstić information content (AvgIpc) is 3.26. The van der Waals surface area contributed by atoms with E-state index in [1.165, 1.54) is 0 Å². The Morgan fingerprint density at radius 1 is 0.938 bits per heavy atom. The van der Waals surface area contributed by atoms with Crippen LogP contribution in [0.1, 0.15) is 17.5 Å². The molecule has 1 N–H and O–H groups in total. The molecule has 5 heteroatoms. The maximum atomic E-state index is 13.2. The number of nitrogens with zero attached hydrogens (tertiary/aromatic N) is 3. The standard InChI is InChI=1S/C27H23N3O2/c1-29-24-15-9-8-14-22(24)26(31)25(27(29)32)23-18-21(17-16-19-10-4-2-5-11-19)30(28-23)20-12-6-3-7-13-20/h2-17,21,31H,18H2,1H3/t21-/m1/s1. The van der Waals surface area contributed by atoms with E-state index >= 15 is 0 Å². The van der Waals surface area contributed by atoms with Gasteiger partial charge < -0.3 is 9.67 Å². The summed E-state index contributed by atoms with van der Waals surface area (Å²) in [5.74, 6) is -0.0110. The molecule has 158 valence electrons. The summed E-state index contributed by atoms with van der Waals surface area (Å²) >= 11 is 0. The predicted octanol–water partition coefficient (Wildman–Crippen LogP) is 4.94. The van der Waals surface area contributed by atoms with Crippen LogP contribution in [0.2, 0.25) is 0 Å². The number of anilines is 1. The normalized spacial score (nSPS) is 16.1. The van der Waals surface area contributed by atoms with Crippen LogP contribution in [0.5, 0.6) is 5.75 Å². The topological polar surface area (TPSA) is 57.8 Å². The van der Waals surface area contributed by atoms with Crippen molar-refractivity contribution in [3.63, 3.8) is 0 Å². The largest absolute Gasteiger partial charge is 0.506 e. The van der Waals surface area contributed by atoms with Gasteiger partial charge in [0.2, 0.25) is 0 Å². The lowest BCUT2D eigenvalue weighted by molar-refractivity contribution is 0.478. The van der Waals surface area contributed by atoms with E-state index in [1.807, 2.05) is 89.9 Å². The highest BCUT2D eigenvalue weighted by Gasteiger charge is 2.30. The third-order valence-electron chi connectivity index (χ3n) is 5.84. The Hall–Kier alpha value is -4.12. The first-order chi connectivity index (χ1) is 15.6. The number of hydrogen-bond donors (Lipinski definition) is 1. The van der Waals surface area contributed by atoms with Gasteiger partial charge in [-0.3, -0.25) is 9.80 Å². The van der Waals surface area contributed by atoms with Gasteiger partial charge in [0.25, 0.3) is 5.56 Å². The molecule has 5 rings (SSSR count). The van der Waals surface area contributed by atoms with Gasteiger partial charge in [0.15, 0.2) is 0 Å². The zero-order valence-electron chi connectivity index (χ0n) is 17.7. The molecule has 0 bridgehead atoms. The highest BCUT2D eigenvalue weighted by molar-refractivity contribution is 6.08. The molecular weight excluding hydrogens is 398 g/mol. The fourth-order valence-electron chi connectivity index (χ4n) is 4.19. The van der Waals surface area contributed by atoms with Crippen molar-refractivity contribution in [3.8, 4) is 5.75 Å². The second-order valence-electron chi connectivity index (χ2n) is 7.87. The van der Waals surface area contributed by atoms with Crippen molar-refractivity contribution in [1.82, 2.24) is 4.57 Å². The fraction of sp³-hybridized carbons (Fsp3) is 0.111. The third kappa shape index (κ3) is 3.48. The van der Waals surface area contributed by atoms with Gasteiger partial charge in [-0.05, 0) is 29.8 Å². The molecule has 1 aliphatic rings. The quantitative estimate of drug-likeness (QED) is 0.508. The maximum Gasteiger partial charge on any atom is 0.263 e. The summed E-state index contributed by atoms with van der Waals surface area (Å²) in [5.41, 5.74) is 3.32. The van der Waals surface area contributed by atoms with Gasteiger partial charge in [0, 0.05) is 18.9 Å². The molecule has 0 amide bonds. The Morgan fingerprint density at radius 3 is 2.34 bits per heavy atom. The number of aromatic nitrogens is 1. The number of hydrogen-bond acceptors (Lipinski definition) is 4. The van der Waals surface area contributed by atoms with E-state index in [0.717, 1.165) is 11.3 Å². The van der Waals surface area contributed by atoms with E-state index in [4.69, 9.17) is 5.10 Å². The van der Waals surface area contributed by atoms with Crippen molar-refractivity contribution >= 4 is 28.4 Å². The monoisotopic (exact) mass is 421 g/mol. The van der Waals surface area contributed by atoms with E-state index < -0.39 is 0 Å². The molecule has 1 atom stereocenters. The number of benzene rings is 3. The van der Waals surface area contributed by atoms with Gasteiger partial charge in [-0.2, -0.15) is 5.10 Å². The maximum absolute atomic E-state index is 13.2. The van der Waals surface area contributed by atoms with Crippen LogP contribution in [0, 0.1) is 0 Å². The summed E-state index contributed by atoms with van der Waals surface area (Å²) in [6, 6.07) is 27.3. The highest BCUT2D eigenvalue weighted by Crippen LogP contribution is 2.32. The Morgan fingerprint density at radius 2 is 1.59 bits per heavy atom. The second kappa shape index (κ2) is 8.19. The van der Waals surface area contributed by atoms with E-state index in [2.05, 4.69) is 12.2 Å². The van der Waals surface area contributed by atoms with Crippen LogP contribution in [0.3, 0.4) is 0 Å². The van der Waals surface area contributed by atoms with Crippen LogP contribution in [-0.2, 0) is 7.05 Å². The number of rotatable bonds is 4. The van der Waals surface area contributed by atoms with Gasteiger partial charge in [-0.1, -0.05) is 72.8 Å². The molecule has 4 aromatic rings. The van der Waals surface area contributed by atoms with Crippen LogP contribution in [-0.4, -0.2) is 21.4 Å². The van der Waals surface area contributed by atoms with E-state index in [-0.39, 0.29) is 22.9 Å². The summed E-state index contributed by atoms with van der Waals surface area (Å²) in [5, 5.41) is 18.4. The minimum atomic E-state index is -0.249. The molecule has 0 unspecified atom stereocenters. The molecule has 0 saturated carbocycles. The summed E-state index contributed by atoms with van der Waals surface area (Å²) < 4.78 is 1.58. The smallest absolute Gasteiger partial charge is 0.263 e. The average molecular weight is 422 g/mol. The number of aromatic hydroxyl groups is 1. The van der Waals surface area contributed by atoms with Crippen molar-refractivity contribution in [1.29, 1.82) is 0 Å². The number of fused-ring (bicyclic) bond motifs is 1. The summed E-state index contributed by atoms with van der Waals surface area (Å²) in [7, 11) is 1.73. The predicted molar refractivity (Wildman–Crippen MR) is 130 cm³/mol.